The Hall–Kier alpha value is -3.51. The number of esters is 1. The summed E-state index contributed by atoms with van der Waals surface area (Å²) >= 11 is 1.51. The third-order valence-electron chi connectivity index (χ3n) is 7.14. The van der Waals surface area contributed by atoms with E-state index in [9.17, 15) is 9.59 Å². The molecule has 1 amide bonds. The van der Waals surface area contributed by atoms with E-state index in [0.29, 0.717) is 22.0 Å². The minimum Gasteiger partial charge on any atom is -0.465 e. The molecule has 0 fully saturated rings. The van der Waals surface area contributed by atoms with Crippen LogP contribution >= 0.6 is 11.3 Å². The standard InChI is InChI=1S/C30H30N2O3S/c1-30(2,3)19-14-15-21-25(16-19)36-28(26(21)29(34)35-4)32-27(33)22-17-24(18-10-6-5-7-11-18)31-23-13-9-8-12-20(22)23/h5-13,17,19H,14-16H2,1-4H3,(H,32,33). The third-order valence-corrected chi connectivity index (χ3v) is 8.31. The number of nitrogens with one attached hydrogen (secondary N) is 1. The number of anilines is 1. The molecule has 1 atom stereocenters. The van der Waals surface area contributed by atoms with Crippen molar-refractivity contribution < 1.29 is 14.3 Å². The number of aromatic nitrogens is 1. The number of thiophene rings is 1. The van der Waals surface area contributed by atoms with Gasteiger partial charge < -0.3 is 10.1 Å². The lowest BCUT2D eigenvalue weighted by molar-refractivity contribution is 0.0600. The Kier molecular flexibility index (Phi) is 6.39. The van der Waals surface area contributed by atoms with E-state index < -0.39 is 5.97 Å². The van der Waals surface area contributed by atoms with Crippen molar-refractivity contribution >= 4 is 39.1 Å². The lowest BCUT2D eigenvalue weighted by atomic mass is 9.72. The number of hydrogen-bond acceptors (Lipinski definition) is 5. The van der Waals surface area contributed by atoms with Gasteiger partial charge >= 0.3 is 5.97 Å². The summed E-state index contributed by atoms with van der Waals surface area (Å²) in [5.41, 5.74) is 4.63. The first-order valence-electron chi connectivity index (χ1n) is 12.3. The SMILES string of the molecule is COC(=O)c1c(NC(=O)c2cc(-c3ccccc3)nc3ccccc23)sc2c1CCC(C(C)(C)C)C2. The van der Waals surface area contributed by atoms with Crippen LogP contribution in [0.1, 0.15) is 58.3 Å². The Morgan fingerprint density at radius 1 is 1.06 bits per heavy atom. The van der Waals surface area contributed by atoms with E-state index in [1.807, 2.05) is 60.7 Å². The van der Waals surface area contributed by atoms with E-state index in [4.69, 9.17) is 9.72 Å². The first kappa shape index (κ1) is 24.2. The molecular formula is C30H30N2O3S. The molecule has 0 saturated heterocycles. The maximum Gasteiger partial charge on any atom is 0.341 e. The van der Waals surface area contributed by atoms with E-state index in [-0.39, 0.29) is 11.3 Å². The van der Waals surface area contributed by atoms with Gasteiger partial charge in [0.1, 0.15) is 5.00 Å². The van der Waals surface area contributed by atoms with Gasteiger partial charge in [-0.2, -0.15) is 0 Å². The number of ether oxygens (including phenoxy) is 1. The number of fused-ring (bicyclic) bond motifs is 2. The summed E-state index contributed by atoms with van der Waals surface area (Å²) in [7, 11) is 1.39. The Balaban J connectivity index is 1.56. The zero-order chi connectivity index (χ0) is 25.4. The fourth-order valence-electron chi connectivity index (χ4n) is 5.02. The van der Waals surface area contributed by atoms with Gasteiger partial charge in [-0.3, -0.25) is 4.79 Å². The minimum absolute atomic E-state index is 0.181. The van der Waals surface area contributed by atoms with Crippen molar-refractivity contribution in [2.75, 3.05) is 12.4 Å². The second-order valence-electron chi connectivity index (χ2n) is 10.4. The van der Waals surface area contributed by atoms with Crippen molar-refractivity contribution in [1.82, 2.24) is 4.98 Å². The molecule has 5 rings (SSSR count). The van der Waals surface area contributed by atoms with Crippen molar-refractivity contribution in [3.63, 3.8) is 0 Å². The molecule has 0 radical (unpaired) electrons. The van der Waals surface area contributed by atoms with Gasteiger partial charge in [0.2, 0.25) is 0 Å². The van der Waals surface area contributed by atoms with Crippen LogP contribution in [0.3, 0.4) is 0 Å². The number of carbonyl (C=O) groups is 2. The number of benzene rings is 2. The predicted octanol–water partition coefficient (Wildman–Crippen LogP) is 7.15. The molecule has 1 aliphatic rings. The first-order chi connectivity index (χ1) is 17.3. The number of pyridine rings is 1. The van der Waals surface area contributed by atoms with Crippen LogP contribution in [-0.2, 0) is 17.6 Å². The molecule has 0 spiro atoms. The Morgan fingerprint density at radius 3 is 2.50 bits per heavy atom. The van der Waals surface area contributed by atoms with Gasteiger partial charge in [0.15, 0.2) is 0 Å². The highest BCUT2D eigenvalue weighted by Gasteiger charge is 2.34. The molecule has 1 aliphatic carbocycles. The molecule has 2 heterocycles. The molecule has 2 aromatic heterocycles. The molecule has 2 aromatic carbocycles. The number of hydrogen-bond donors (Lipinski definition) is 1. The fourth-order valence-corrected chi connectivity index (χ4v) is 6.33. The molecule has 1 N–H and O–H groups in total. The lowest BCUT2D eigenvalue weighted by Gasteiger charge is -2.33. The molecule has 1 unspecified atom stereocenters. The van der Waals surface area contributed by atoms with E-state index in [2.05, 4.69) is 26.1 Å². The fraction of sp³-hybridized carbons (Fsp3) is 0.300. The smallest absolute Gasteiger partial charge is 0.341 e. The molecule has 0 bridgehead atoms. The molecule has 36 heavy (non-hydrogen) atoms. The quantitative estimate of drug-likeness (QED) is 0.303. The van der Waals surface area contributed by atoms with Gasteiger partial charge in [-0.25, -0.2) is 9.78 Å². The monoisotopic (exact) mass is 498 g/mol. The highest BCUT2D eigenvalue weighted by Crippen LogP contribution is 2.44. The molecule has 0 saturated carbocycles. The summed E-state index contributed by atoms with van der Waals surface area (Å²) in [4.78, 5) is 32.5. The topological polar surface area (TPSA) is 68.3 Å². The molecular weight excluding hydrogens is 468 g/mol. The van der Waals surface area contributed by atoms with Gasteiger partial charge in [0, 0.05) is 15.8 Å². The molecule has 4 aromatic rings. The Morgan fingerprint density at radius 2 is 1.78 bits per heavy atom. The summed E-state index contributed by atoms with van der Waals surface area (Å²) in [6.07, 6.45) is 2.73. The lowest BCUT2D eigenvalue weighted by Crippen LogP contribution is -2.26. The predicted molar refractivity (Wildman–Crippen MR) is 146 cm³/mol. The number of carbonyl (C=O) groups excluding carboxylic acids is 2. The maximum atomic E-state index is 13.7. The van der Waals surface area contributed by atoms with Crippen molar-refractivity contribution in [2.45, 2.75) is 40.0 Å². The second kappa shape index (κ2) is 9.51. The van der Waals surface area contributed by atoms with Crippen LogP contribution in [-0.4, -0.2) is 24.0 Å². The summed E-state index contributed by atoms with van der Waals surface area (Å²) in [5.74, 6) is -0.140. The van der Waals surface area contributed by atoms with Crippen LogP contribution in [0.4, 0.5) is 5.00 Å². The summed E-state index contributed by atoms with van der Waals surface area (Å²) < 4.78 is 5.14. The Bertz CT molecular complexity index is 1450. The normalized spacial score (nSPS) is 15.4. The van der Waals surface area contributed by atoms with Crippen molar-refractivity contribution in [3.8, 4) is 11.3 Å². The largest absolute Gasteiger partial charge is 0.465 e. The van der Waals surface area contributed by atoms with Gasteiger partial charge in [-0.1, -0.05) is 69.3 Å². The minimum atomic E-state index is -0.401. The zero-order valence-electron chi connectivity index (χ0n) is 21.1. The van der Waals surface area contributed by atoms with Crippen LogP contribution in [0.15, 0.2) is 60.7 Å². The highest BCUT2D eigenvalue weighted by atomic mass is 32.1. The van der Waals surface area contributed by atoms with Gasteiger partial charge in [-0.05, 0) is 48.3 Å². The van der Waals surface area contributed by atoms with Crippen molar-refractivity contribution in [2.24, 2.45) is 11.3 Å². The highest BCUT2D eigenvalue weighted by molar-refractivity contribution is 7.17. The molecule has 5 nitrogen and oxygen atoms in total. The van der Waals surface area contributed by atoms with Crippen LogP contribution in [0, 0.1) is 11.3 Å². The number of rotatable bonds is 4. The maximum absolute atomic E-state index is 13.7. The number of methoxy groups -OCH3 is 1. The van der Waals surface area contributed by atoms with E-state index >= 15 is 0 Å². The van der Waals surface area contributed by atoms with Crippen LogP contribution < -0.4 is 5.32 Å². The first-order valence-corrected chi connectivity index (χ1v) is 13.1. The van der Waals surface area contributed by atoms with Crippen molar-refractivity contribution in [3.05, 3.63) is 82.2 Å². The molecule has 0 aliphatic heterocycles. The summed E-state index contributed by atoms with van der Waals surface area (Å²) in [6, 6.07) is 19.3. The van der Waals surface area contributed by atoms with Crippen LogP contribution in [0.5, 0.6) is 0 Å². The Labute approximate surface area is 215 Å². The van der Waals surface area contributed by atoms with E-state index in [1.54, 1.807) is 0 Å². The van der Waals surface area contributed by atoms with Gasteiger partial charge in [0.05, 0.1) is 29.4 Å². The third kappa shape index (κ3) is 4.53. The van der Waals surface area contributed by atoms with E-state index in [0.717, 1.165) is 47.0 Å². The number of amides is 1. The second-order valence-corrected chi connectivity index (χ2v) is 11.5. The average molecular weight is 499 g/mol. The molecule has 6 heteroatoms. The van der Waals surface area contributed by atoms with E-state index in [1.165, 1.54) is 23.3 Å². The van der Waals surface area contributed by atoms with Gasteiger partial charge in [0.25, 0.3) is 5.91 Å². The van der Waals surface area contributed by atoms with Crippen molar-refractivity contribution in [1.29, 1.82) is 0 Å². The number of para-hydroxylation sites is 1. The van der Waals surface area contributed by atoms with Crippen LogP contribution in [0.25, 0.3) is 22.2 Å². The molecule has 184 valence electrons. The van der Waals surface area contributed by atoms with Crippen LogP contribution in [0.2, 0.25) is 0 Å². The summed E-state index contributed by atoms with van der Waals surface area (Å²) in [5, 5.41) is 4.41. The summed E-state index contributed by atoms with van der Waals surface area (Å²) in [6.45, 7) is 6.79. The average Bonchev–Trinajstić information content (AvgIpc) is 3.24. The number of nitrogens with zero attached hydrogens (tertiary/aromatic N) is 1. The van der Waals surface area contributed by atoms with Gasteiger partial charge in [-0.15, -0.1) is 11.3 Å². The zero-order valence-corrected chi connectivity index (χ0v) is 21.9.